The molecule has 1 aliphatic rings. The highest BCUT2D eigenvalue weighted by Crippen LogP contribution is 2.44. The van der Waals surface area contributed by atoms with Gasteiger partial charge in [-0.25, -0.2) is 0 Å². The van der Waals surface area contributed by atoms with Crippen molar-refractivity contribution in [3.8, 4) is 0 Å². The molecule has 0 bridgehead atoms. The van der Waals surface area contributed by atoms with Crippen LogP contribution < -0.4 is 0 Å². The van der Waals surface area contributed by atoms with Gasteiger partial charge in [-0.05, 0) is 90.3 Å². The second-order valence-corrected chi connectivity index (χ2v) is 8.06. The molecule has 0 aromatic heterocycles. The topological polar surface area (TPSA) is 0 Å². The minimum atomic E-state index is 1.23. The van der Waals surface area contributed by atoms with E-state index in [0.717, 1.165) is 0 Å². The molecule has 6 aromatic rings. The Bertz CT molecular complexity index is 1530. The number of hydrogen-bond donors (Lipinski definition) is 0. The van der Waals surface area contributed by atoms with Crippen LogP contribution in [0.25, 0.3) is 53.9 Å². The van der Waals surface area contributed by atoms with Gasteiger partial charge in [0.25, 0.3) is 0 Å². The van der Waals surface area contributed by atoms with Gasteiger partial charge in [0, 0.05) is 0 Å². The Kier molecular flexibility index (Phi) is 2.48. The van der Waals surface area contributed by atoms with Crippen molar-refractivity contribution in [1.29, 1.82) is 0 Å². The first-order valence-corrected chi connectivity index (χ1v) is 9.92. The Balaban J connectivity index is 1.89. The number of fused-ring (bicyclic) bond motifs is 5. The molecule has 126 valence electrons. The number of rotatable bonds is 0. The van der Waals surface area contributed by atoms with Crippen LogP contribution in [0.2, 0.25) is 0 Å². The second kappa shape index (κ2) is 4.78. The first-order chi connectivity index (χ1) is 13.4. The van der Waals surface area contributed by atoms with Gasteiger partial charge in [-0.3, -0.25) is 0 Å². The molecular weight excluding hydrogens is 324 g/mol. The van der Waals surface area contributed by atoms with Crippen molar-refractivity contribution in [2.75, 3.05) is 0 Å². The van der Waals surface area contributed by atoms with Crippen LogP contribution in [-0.4, -0.2) is 0 Å². The van der Waals surface area contributed by atoms with Crippen LogP contribution in [0.1, 0.15) is 17.5 Å². The van der Waals surface area contributed by atoms with Crippen molar-refractivity contribution >= 4 is 53.9 Å². The first kappa shape index (κ1) is 14.0. The van der Waals surface area contributed by atoms with Crippen LogP contribution >= 0.6 is 0 Å². The van der Waals surface area contributed by atoms with E-state index in [1.807, 2.05) is 0 Å². The third kappa shape index (κ3) is 1.69. The summed E-state index contributed by atoms with van der Waals surface area (Å²) in [6.45, 7) is 0. The largest absolute Gasteiger partial charge is 0.0610 e. The average Bonchev–Trinajstić information content (AvgIpc) is 3.16. The molecule has 0 saturated heterocycles. The van der Waals surface area contributed by atoms with Gasteiger partial charge in [0.05, 0.1) is 0 Å². The lowest BCUT2D eigenvalue weighted by Crippen LogP contribution is -1.90. The van der Waals surface area contributed by atoms with Crippen molar-refractivity contribution in [2.24, 2.45) is 0 Å². The van der Waals surface area contributed by atoms with Gasteiger partial charge in [0.2, 0.25) is 0 Å². The SMILES string of the molecule is c1cc2cccc3c2c(c1)c1cccc2cc4cc5c(cc4c3c21)CCC5. The van der Waals surface area contributed by atoms with E-state index in [1.165, 1.54) is 73.1 Å². The summed E-state index contributed by atoms with van der Waals surface area (Å²) in [5, 5.41) is 14.0. The Morgan fingerprint density at radius 2 is 1.11 bits per heavy atom. The van der Waals surface area contributed by atoms with Crippen molar-refractivity contribution in [2.45, 2.75) is 19.3 Å². The molecule has 27 heavy (non-hydrogen) atoms. The third-order valence-corrected chi connectivity index (χ3v) is 6.66. The lowest BCUT2D eigenvalue weighted by atomic mass is 9.86. The molecule has 0 fully saturated rings. The summed E-state index contributed by atoms with van der Waals surface area (Å²) in [6.07, 6.45) is 3.76. The fourth-order valence-electron chi connectivity index (χ4n) is 5.53. The standard InChI is InChI=1S/C27H18/c1-7-17-13-20-14-19-9-4-11-22-21-10-2-5-16-6-3-12-23(25(16)21)27(26(19)22)24(20)15-18(17)8-1/h2-6,9-15H,1,7-8H2. The lowest BCUT2D eigenvalue weighted by molar-refractivity contribution is 0.912. The zero-order valence-electron chi connectivity index (χ0n) is 15.0. The normalized spacial score (nSPS) is 14.2. The molecule has 0 heteroatoms. The highest BCUT2D eigenvalue weighted by Gasteiger charge is 2.18. The van der Waals surface area contributed by atoms with E-state index in [2.05, 4.69) is 72.8 Å². The summed E-state index contributed by atoms with van der Waals surface area (Å²) in [4.78, 5) is 0. The predicted molar refractivity (Wildman–Crippen MR) is 117 cm³/mol. The maximum absolute atomic E-state index is 2.50. The summed E-state index contributed by atoms with van der Waals surface area (Å²) >= 11 is 0. The fourth-order valence-corrected chi connectivity index (χ4v) is 5.53. The van der Waals surface area contributed by atoms with Gasteiger partial charge in [-0.15, -0.1) is 0 Å². The minimum absolute atomic E-state index is 1.23. The van der Waals surface area contributed by atoms with Gasteiger partial charge >= 0.3 is 0 Å². The monoisotopic (exact) mass is 342 g/mol. The highest BCUT2D eigenvalue weighted by atomic mass is 14.2. The molecular formula is C27H18. The third-order valence-electron chi connectivity index (χ3n) is 6.66. The number of aryl methyl sites for hydroxylation is 2. The Morgan fingerprint density at radius 3 is 1.93 bits per heavy atom. The van der Waals surface area contributed by atoms with E-state index >= 15 is 0 Å². The van der Waals surface area contributed by atoms with Gasteiger partial charge in [-0.1, -0.05) is 66.7 Å². The van der Waals surface area contributed by atoms with Gasteiger partial charge in [0.15, 0.2) is 0 Å². The molecule has 0 atom stereocenters. The second-order valence-electron chi connectivity index (χ2n) is 8.06. The zero-order valence-corrected chi connectivity index (χ0v) is 15.0. The molecule has 0 radical (unpaired) electrons. The molecule has 1 aliphatic carbocycles. The molecule has 0 amide bonds. The molecule has 0 spiro atoms. The van der Waals surface area contributed by atoms with Crippen molar-refractivity contribution in [1.82, 2.24) is 0 Å². The van der Waals surface area contributed by atoms with Crippen LogP contribution in [0.3, 0.4) is 0 Å². The smallest absolute Gasteiger partial charge is 0.00140 e. The van der Waals surface area contributed by atoms with Crippen molar-refractivity contribution in [3.63, 3.8) is 0 Å². The maximum Gasteiger partial charge on any atom is -0.00140 e. The molecule has 6 aromatic carbocycles. The summed E-state index contributed by atoms with van der Waals surface area (Å²) < 4.78 is 0. The Morgan fingerprint density at radius 1 is 0.444 bits per heavy atom. The van der Waals surface area contributed by atoms with Crippen LogP contribution in [0.5, 0.6) is 0 Å². The number of benzene rings is 6. The molecule has 0 nitrogen and oxygen atoms in total. The molecule has 7 rings (SSSR count). The molecule has 0 unspecified atom stereocenters. The van der Waals surface area contributed by atoms with Gasteiger partial charge in [-0.2, -0.15) is 0 Å². The summed E-state index contributed by atoms with van der Waals surface area (Å²) in [5.41, 5.74) is 3.11. The summed E-state index contributed by atoms with van der Waals surface area (Å²) in [6, 6.07) is 27.7. The quantitative estimate of drug-likeness (QED) is 0.199. The van der Waals surface area contributed by atoms with Gasteiger partial charge < -0.3 is 0 Å². The zero-order chi connectivity index (χ0) is 17.5. The van der Waals surface area contributed by atoms with E-state index in [-0.39, 0.29) is 0 Å². The maximum atomic E-state index is 2.50. The molecule has 0 N–H and O–H groups in total. The van der Waals surface area contributed by atoms with E-state index in [1.54, 1.807) is 11.1 Å². The van der Waals surface area contributed by atoms with Crippen molar-refractivity contribution < 1.29 is 0 Å². The Hall–Kier alpha value is -3.12. The molecule has 0 saturated carbocycles. The lowest BCUT2D eigenvalue weighted by Gasteiger charge is -2.17. The number of hydrogen-bond acceptors (Lipinski definition) is 0. The predicted octanol–water partition coefficient (Wildman–Crippen LogP) is 7.38. The van der Waals surface area contributed by atoms with E-state index in [9.17, 15) is 0 Å². The highest BCUT2D eigenvalue weighted by molar-refractivity contribution is 6.38. The van der Waals surface area contributed by atoms with Crippen LogP contribution in [-0.2, 0) is 12.8 Å². The van der Waals surface area contributed by atoms with Crippen LogP contribution in [0.4, 0.5) is 0 Å². The van der Waals surface area contributed by atoms with E-state index in [4.69, 9.17) is 0 Å². The minimum Gasteiger partial charge on any atom is -0.0610 e. The Labute approximate surface area is 157 Å². The molecule has 0 aliphatic heterocycles. The van der Waals surface area contributed by atoms with Crippen LogP contribution in [0.15, 0.2) is 72.8 Å². The summed E-state index contributed by atoms with van der Waals surface area (Å²) in [5.74, 6) is 0. The van der Waals surface area contributed by atoms with Gasteiger partial charge in [0.1, 0.15) is 0 Å². The fraction of sp³-hybridized carbons (Fsp3) is 0.111. The van der Waals surface area contributed by atoms with E-state index in [0.29, 0.717) is 0 Å². The van der Waals surface area contributed by atoms with E-state index < -0.39 is 0 Å². The van der Waals surface area contributed by atoms with Crippen LogP contribution in [0, 0.1) is 0 Å². The molecule has 0 heterocycles. The first-order valence-electron chi connectivity index (χ1n) is 9.92. The summed E-state index contributed by atoms with van der Waals surface area (Å²) in [7, 11) is 0. The average molecular weight is 342 g/mol. The van der Waals surface area contributed by atoms with Crippen molar-refractivity contribution in [3.05, 3.63) is 83.9 Å².